The highest BCUT2D eigenvalue weighted by molar-refractivity contribution is 8.18. The molecule has 1 heterocycles. The summed E-state index contributed by atoms with van der Waals surface area (Å²) in [5.41, 5.74) is 1.44. The second-order valence-corrected chi connectivity index (χ2v) is 8.32. The van der Waals surface area contributed by atoms with Crippen molar-refractivity contribution in [1.82, 2.24) is 4.90 Å². The van der Waals surface area contributed by atoms with Crippen molar-refractivity contribution in [3.63, 3.8) is 0 Å². The highest BCUT2D eigenvalue weighted by Crippen LogP contribution is 2.35. The van der Waals surface area contributed by atoms with Crippen LogP contribution in [-0.4, -0.2) is 16.0 Å². The van der Waals surface area contributed by atoms with Crippen molar-refractivity contribution in [3.05, 3.63) is 105 Å². The first kappa shape index (κ1) is 22.0. The number of para-hydroxylation sites is 1. The maximum Gasteiger partial charge on any atom is 0.293 e. The van der Waals surface area contributed by atoms with Crippen LogP contribution in [-0.2, 0) is 17.9 Å². The molecule has 1 saturated heterocycles. The molecule has 2 amide bonds. The van der Waals surface area contributed by atoms with Gasteiger partial charge in [-0.2, -0.15) is 0 Å². The fraction of sp³-hybridized carbons (Fsp3) is 0.0833. The van der Waals surface area contributed by atoms with E-state index in [9.17, 15) is 18.4 Å². The largest absolute Gasteiger partial charge is 0.488 e. The lowest BCUT2D eigenvalue weighted by molar-refractivity contribution is -0.123. The van der Waals surface area contributed by atoms with Crippen LogP contribution in [0.4, 0.5) is 13.6 Å². The minimum absolute atomic E-state index is 0.0159. The number of thioether (sulfide) groups is 1. The van der Waals surface area contributed by atoms with Gasteiger partial charge in [-0.3, -0.25) is 14.5 Å². The molecule has 1 fully saturated rings. The number of hydrogen-bond acceptors (Lipinski definition) is 4. The van der Waals surface area contributed by atoms with E-state index in [-0.39, 0.29) is 28.9 Å². The summed E-state index contributed by atoms with van der Waals surface area (Å²) in [4.78, 5) is 26.6. The van der Waals surface area contributed by atoms with Gasteiger partial charge in [0.15, 0.2) is 0 Å². The molecular formula is C24H16ClF2NO3S. The Labute approximate surface area is 192 Å². The fourth-order valence-corrected chi connectivity index (χ4v) is 4.16. The van der Waals surface area contributed by atoms with Gasteiger partial charge in [0, 0.05) is 16.1 Å². The average molecular weight is 472 g/mol. The molecule has 0 aliphatic carbocycles. The molecule has 3 aromatic carbocycles. The topological polar surface area (TPSA) is 46.6 Å². The lowest BCUT2D eigenvalue weighted by Crippen LogP contribution is -2.27. The van der Waals surface area contributed by atoms with E-state index >= 15 is 0 Å². The molecule has 0 unspecified atom stereocenters. The molecule has 0 bridgehead atoms. The number of carbonyl (C=O) groups is 2. The van der Waals surface area contributed by atoms with Gasteiger partial charge in [0.05, 0.1) is 11.4 Å². The predicted molar refractivity (Wildman–Crippen MR) is 120 cm³/mol. The molecule has 0 spiro atoms. The maximum atomic E-state index is 13.9. The second-order valence-electron chi connectivity index (χ2n) is 6.92. The van der Waals surface area contributed by atoms with E-state index in [0.29, 0.717) is 22.4 Å². The zero-order valence-corrected chi connectivity index (χ0v) is 18.1. The lowest BCUT2D eigenvalue weighted by Gasteiger charge is -2.13. The summed E-state index contributed by atoms with van der Waals surface area (Å²) in [5.74, 6) is -0.904. The van der Waals surface area contributed by atoms with Crippen molar-refractivity contribution < 1.29 is 23.1 Å². The standard InChI is InChI=1S/C24H16ClF2NO3S/c25-19-12-18(26)10-9-16(19)13-28-23(29)22(32-24(28)30)11-15-5-2-4-8-21(15)31-14-17-6-1-3-7-20(17)27/h1-12H,13-14H2/b22-11+. The molecule has 0 radical (unpaired) electrons. The van der Waals surface area contributed by atoms with Crippen molar-refractivity contribution in [2.24, 2.45) is 0 Å². The molecule has 1 aliphatic heterocycles. The van der Waals surface area contributed by atoms with Gasteiger partial charge < -0.3 is 4.74 Å². The molecule has 32 heavy (non-hydrogen) atoms. The lowest BCUT2D eigenvalue weighted by atomic mass is 10.1. The van der Waals surface area contributed by atoms with E-state index in [1.165, 1.54) is 18.2 Å². The van der Waals surface area contributed by atoms with Crippen LogP contribution < -0.4 is 4.74 Å². The second kappa shape index (κ2) is 9.54. The van der Waals surface area contributed by atoms with Gasteiger partial charge in [-0.05, 0) is 47.7 Å². The van der Waals surface area contributed by atoms with E-state index in [2.05, 4.69) is 0 Å². The number of ether oxygens (including phenoxy) is 1. The molecule has 0 atom stereocenters. The third-order valence-electron chi connectivity index (χ3n) is 4.76. The first-order valence-corrected chi connectivity index (χ1v) is 10.8. The summed E-state index contributed by atoms with van der Waals surface area (Å²) in [7, 11) is 0. The van der Waals surface area contributed by atoms with E-state index in [1.807, 2.05) is 0 Å². The number of imide groups is 1. The van der Waals surface area contributed by atoms with Gasteiger partial charge in [-0.1, -0.05) is 54.1 Å². The third kappa shape index (κ3) is 4.84. The number of hydrogen-bond donors (Lipinski definition) is 0. The summed E-state index contributed by atoms with van der Waals surface area (Å²) >= 11 is 6.83. The van der Waals surface area contributed by atoms with Crippen LogP contribution in [0.1, 0.15) is 16.7 Å². The highest BCUT2D eigenvalue weighted by Gasteiger charge is 2.35. The molecule has 0 aromatic heterocycles. The van der Waals surface area contributed by atoms with Gasteiger partial charge >= 0.3 is 0 Å². The van der Waals surface area contributed by atoms with Crippen LogP contribution in [0.2, 0.25) is 5.02 Å². The van der Waals surface area contributed by atoms with Gasteiger partial charge in [-0.25, -0.2) is 8.78 Å². The molecule has 4 nitrogen and oxygen atoms in total. The Kier molecular flexibility index (Phi) is 6.58. The molecule has 3 aromatic rings. The normalized spacial score (nSPS) is 15.0. The molecule has 0 N–H and O–H groups in total. The van der Waals surface area contributed by atoms with Crippen LogP contribution in [0.25, 0.3) is 6.08 Å². The van der Waals surface area contributed by atoms with E-state index < -0.39 is 17.0 Å². The minimum Gasteiger partial charge on any atom is -0.488 e. The Morgan fingerprint density at radius 1 is 0.969 bits per heavy atom. The van der Waals surface area contributed by atoms with Crippen molar-refractivity contribution in [2.75, 3.05) is 0 Å². The molecule has 1 aliphatic rings. The Bertz CT molecular complexity index is 1230. The summed E-state index contributed by atoms with van der Waals surface area (Å²) in [6.45, 7) is -0.0470. The van der Waals surface area contributed by atoms with Crippen molar-refractivity contribution in [3.8, 4) is 5.75 Å². The van der Waals surface area contributed by atoms with Gasteiger partial charge in [-0.15, -0.1) is 0 Å². The first-order chi connectivity index (χ1) is 15.4. The van der Waals surface area contributed by atoms with E-state index in [4.69, 9.17) is 16.3 Å². The number of rotatable bonds is 6. The summed E-state index contributed by atoms with van der Waals surface area (Å²) < 4.78 is 32.9. The number of benzene rings is 3. The summed E-state index contributed by atoms with van der Waals surface area (Å²) in [6, 6.07) is 17.1. The molecule has 4 rings (SSSR count). The Balaban J connectivity index is 1.53. The zero-order valence-electron chi connectivity index (χ0n) is 16.6. The van der Waals surface area contributed by atoms with Gasteiger partial charge in [0.25, 0.3) is 11.1 Å². The Morgan fingerprint density at radius 3 is 2.50 bits per heavy atom. The van der Waals surface area contributed by atoms with Crippen LogP contribution >= 0.6 is 23.4 Å². The molecule has 0 saturated carbocycles. The quantitative estimate of drug-likeness (QED) is 0.388. The Morgan fingerprint density at radius 2 is 1.72 bits per heavy atom. The van der Waals surface area contributed by atoms with Crippen LogP contribution in [0.15, 0.2) is 71.6 Å². The van der Waals surface area contributed by atoms with Crippen molar-refractivity contribution in [1.29, 1.82) is 0 Å². The van der Waals surface area contributed by atoms with Crippen LogP contribution in [0.3, 0.4) is 0 Å². The molecule has 8 heteroatoms. The van der Waals surface area contributed by atoms with Crippen LogP contribution in [0.5, 0.6) is 5.75 Å². The molecular weight excluding hydrogens is 456 g/mol. The maximum absolute atomic E-state index is 13.9. The number of carbonyl (C=O) groups excluding carboxylic acids is 2. The summed E-state index contributed by atoms with van der Waals surface area (Å²) in [5, 5.41) is -0.314. The number of amides is 2. The summed E-state index contributed by atoms with van der Waals surface area (Å²) in [6.07, 6.45) is 1.56. The predicted octanol–water partition coefficient (Wildman–Crippen LogP) is 6.43. The van der Waals surface area contributed by atoms with E-state index in [1.54, 1.807) is 48.5 Å². The van der Waals surface area contributed by atoms with Gasteiger partial charge in [0.2, 0.25) is 0 Å². The number of nitrogens with zero attached hydrogens (tertiary/aromatic N) is 1. The third-order valence-corrected chi connectivity index (χ3v) is 6.02. The smallest absolute Gasteiger partial charge is 0.293 e. The first-order valence-electron chi connectivity index (χ1n) is 9.57. The van der Waals surface area contributed by atoms with Gasteiger partial charge in [0.1, 0.15) is 24.0 Å². The zero-order chi connectivity index (χ0) is 22.7. The van der Waals surface area contributed by atoms with Crippen molar-refractivity contribution in [2.45, 2.75) is 13.2 Å². The fourth-order valence-electron chi connectivity index (χ4n) is 3.10. The van der Waals surface area contributed by atoms with Crippen molar-refractivity contribution >= 4 is 40.6 Å². The monoisotopic (exact) mass is 471 g/mol. The molecule has 162 valence electrons. The number of halogens is 3. The van der Waals surface area contributed by atoms with Crippen LogP contribution in [0, 0.1) is 11.6 Å². The highest BCUT2D eigenvalue weighted by atomic mass is 35.5. The minimum atomic E-state index is -0.500. The average Bonchev–Trinajstić information content (AvgIpc) is 3.03. The SMILES string of the molecule is O=C1S/C(=C/c2ccccc2OCc2ccccc2F)C(=O)N1Cc1ccc(F)cc1Cl. The Hall–Kier alpha value is -3.16. The van der Waals surface area contributed by atoms with E-state index in [0.717, 1.165) is 22.7 Å².